The van der Waals surface area contributed by atoms with E-state index in [1.807, 2.05) is 0 Å². The number of amides is 1. The second-order valence-electron chi connectivity index (χ2n) is 4.21. The van der Waals surface area contributed by atoms with E-state index in [1.54, 1.807) is 11.4 Å². The summed E-state index contributed by atoms with van der Waals surface area (Å²) in [5.74, 6) is -0.158. The summed E-state index contributed by atoms with van der Waals surface area (Å²) in [5, 5.41) is 11.2. The van der Waals surface area contributed by atoms with Crippen LogP contribution < -0.4 is 14.8 Å². The van der Waals surface area contributed by atoms with Gasteiger partial charge in [0, 0.05) is 11.6 Å². The molecule has 0 aromatic heterocycles. The van der Waals surface area contributed by atoms with Gasteiger partial charge in [-0.05, 0) is 12.1 Å². The minimum absolute atomic E-state index is 0.144. The highest BCUT2D eigenvalue weighted by atomic mass is 19.4. The van der Waals surface area contributed by atoms with Gasteiger partial charge in [0.15, 0.2) is 6.61 Å². The molecule has 1 aromatic rings. The molecule has 1 heterocycles. The fraction of sp³-hybridized carbons (Fsp3) is 0.417. The lowest BCUT2D eigenvalue weighted by Gasteiger charge is -2.10. The summed E-state index contributed by atoms with van der Waals surface area (Å²) < 4.78 is 45.8. The van der Waals surface area contributed by atoms with Crippen LogP contribution in [0.4, 0.5) is 13.2 Å². The SMILES string of the molecule is O=C(COc1ccc2c(c1)OCC2O)NCC(F)(F)F. The molecular formula is C12H12F3NO4. The monoisotopic (exact) mass is 291 g/mol. The van der Waals surface area contributed by atoms with E-state index in [0.717, 1.165) is 0 Å². The molecule has 5 nitrogen and oxygen atoms in total. The lowest BCUT2D eigenvalue weighted by Crippen LogP contribution is -2.36. The summed E-state index contributed by atoms with van der Waals surface area (Å²) >= 11 is 0. The van der Waals surface area contributed by atoms with Crippen molar-refractivity contribution in [1.29, 1.82) is 0 Å². The molecule has 0 spiro atoms. The zero-order valence-electron chi connectivity index (χ0n) is 10.2. The number of aliphatic hydroxyl groups is 1. The fourth-order valence-corrected chi connectivity index (χ4v) is 1.66. The summed E-state index contributed by atoms with van der Waals surface area (Å²) in [5.41, 5.74) is 0.610. The Balaban J connectivity index is 1.84. The Labute approximate surface area is 112 Å². The van der Waals surface area contributed by atoms with Gasteiger partial charge in [0.05, 0.1) is 0 Å². The number of benzene rings is 1. The normalized spacial score (nSPS) is 17.3. The minimum Gasteiger partial charge on any atom is -0.490 e. The molecular weight excluding hydrogens is 279 g/mol. The van der Waals surface area contributed by atoms with E-state index >= 15 is 0 Å². The topological polar surface area (TPSA) is 67.8 Å². The number of hydrogen-bond donors (Lipinski definition) is 2. The third kappa shape index (κ3) is 3.77. The van der Waals surface area contributed by atoms with Crippen LogP contribution in [-0.2, 0) is 4.79 Å². The molecule has 1 atom stereocenters. The van der Waals surface area contributed by atoms with Crippen molar-refractivity contribution in [2.45, 2.75) is 12.3 Å². The zero-order chi connectivity index (χ0) is 14.8. The standard InChI is InChI=1S/C12H12F3NO4/c13-12(14,15)6-16-11(18)5-19-7-1-2-8-9(17)4-20-10(8)3-7/h1-3,9,17H,4-6H2,(H,16,18). The molecule has 2 rings (SSSR count). The number of halogens is 3. The molecule has 20 heavy (non-hydrogen) atoms. The van der Waals surface area contributed by atoms with Crippen molar-refractivity contribution in [3.05, 3.63) is 23.8 Å². The van der Waals surface area contributed by atoms with Crippen LogP contribution in [0.1, 0.15) is 11.7 Å². The van der Waals surface area contributed by atoms with Gasteiger partial charge < -0.3 is 19.9 Å². The number of hydrogen-bond acceptors (Lipinski definition) is 4. The van der Waals surface area contributed by atoms with Crippen LogP contribution in [0, 0.1) is 0 Å². The number of aliphatic hydroxyl groups excluding tert-OH is 1. The first kappa shape index (κ1) is 14.4. The zero-order valence-corrected chi connectivity index (χ0v) is 10.2. The van der Waals surface area contributed by atoms with E-state index in [1.165, 1.54) is 12.1 Å². The van der Waals surface area contributed by atoms with Crippen LogP contribution in [0.2, 0.25) is 0 Å². The first-order chi connectivity index (χ1) is 9.35. The summed E-state index contributed by atoms with van der Waals surface area (Å²) in [7, 11) is 0. The van der Waals surface area contributed by atoms with Gasteiger partial charge in [-0.25, -0.2) is 0 Å². The van der Waals surface area contributed by atoms with Crippen LogP contribution in [0.25, 0.3) is 0 Å². The molecule has 0 bridgehead atoms. The van der Waals surface area contributed by atoms with Crippen LogP contribution in [0.3, 0.4) is 0 Å². The summed E-state index contributed by atoms with van der Waals surface area (Å²) in [6.07, 6.45) is -5.15. The number of carbonyl (C=O) groups excluding carboxylic acids is 1. The molecule has 1 aliphatic rings. The third-order valence-corrected chi connectivity index (χ3v) is 2.60. The lowest BCUT2D eigenvalue weighted by molar-refractivity contribution is -0.139. The van der Waals surface area contributed by atoms with Gasteiger partial charge in [-0.15, -0.1) is 0 Å². The molecule has 0 fully saturated rings. The Kier molecular flexibility index (Phi) is 4.03. The molecule has 0 saturated carbocycles. The van der Waals surface area contributed by atoms with Gasteiger partial charge in [-0.1, -0.05) is 0 Å². The van der Waals surface area contributed by atoms with E-state index in [-0.39, 0.29) is 12.4 Å². The molecule has 8 heteroatoms. The number of carbonyl (C=O) groups is 1. The van der Waals surface area contributed by atoms with Crippen molar-refractivity contribution in [3.63, 3.8) is 0 Å². The second kappa shape index (κ2) is 5.58. The predicted molar refractivity (Wildman–Crippen MR) is 61.5 cm³/mol. The van der Waals surface area contributed by atoms with Crippen molar-refractivity contribution < 1.29 is 32.5 Å². The van der Waals surface area contributed by atoms with Gasteiger partial charge in [0.1, 0.15) is 30.8 Å². The highest BCUT2D eigenvalue weighted by Gasteiger charge is 2.27. The summed E-state index contributed by atoms with van der Waals surface area (Å²) in [6.45, 7) is -1.78. The number of rotatable bonds is 4. The van der Waals surface area contributed by atoms with Crippen molar-refractivity contribution in [2.24, 2.45) is 0 Å². The molecule has 1 aromatic carbocycles. The van der Waals surface area contributed by atoms with Crippen molar-refractivity contribution in [1.82, 2.24) is 5.32 Å². The van der Waals surface area contributed by atoms with Gasteiger partial charge >= 0.3 is 6.18 Å². The Morgan fingerprint density at radius 3 is 2.95 bits per heavy atom. The molecule has 0 saturated heterocycles. The minimum atomic E-state index is -4.45. The molecule has 0 radical (unpaired) electrons. The molecule has 0 aliphatic carbocycles. The van der Waals surface area contributed by atoms with E-state index in [4.69, 9.17) is 9.47 Å². The van der Waals surface area contributed by atoms with Crippen LogP contribution >= 0.6 is 0 Å². The largest absolute Gasteiger partial charge is 0.490 e. The van der Waals surface area contributed by atoms with Crippen LogP contribution in [0.5, 0.6) is 11.5 Å². The Morgan fingerprint density at radius 2 is 2.25 bits per heavy atom. The van der Waals surface area contributed by atoms with Crippen LogP contribution in [0.15, 0.2) is 18.2 Å². The molecule has 2 N–H and O–H groups in total. The Bertz CT molecular complexity index is 504. The maximum atomic E-state index is 11.9. The van der Waals surface area contributed by atoms with Crippen molar-refractivity contribution >= 4 is 5.91 Å². The van der Waals surface area contributed by atoms with Gasteiger partial charge in [-0.3, -0.25) is 4.79 Å². The second-order valence-corrected chi connectivity index (χ2v) is 4.21. The number of nitrogens with one attached hydrogen (secondary N) is 1. The molecule has 1 unspecified atom stereocenters. The average molecular weight is 291 g/mol. The first-order valence-corrected chi connectivity index (χ1v) is 5.76. The van der Waals surface area contributed by atoms with E-state index in [2.05, 4.69) is 0 Å². The predicted octanol–water partition coefficient (Wildman–Crippen LogP) is 1.17. The highest BCUT2D eigenvalue weighted by molar-refractivity contribution is 5.77. The smallest absolute Gasteiger partial charge is 0.405 e. The fourth-order valence-electron chi connectivity index (χ4n) is 1.66. The van der Waals surface area contributed by atoms with Gasteiger partial charge in [0.25, 0.3) is 5.91 Å². The van der Waals surface area contributed by atoms with Crippen molar-refractivity contribution in [3.8, 4) is 11.5 Å². The summed E-state index contributed by atoms with van der Waals surface area (Å²) in [4.78, 5) is 11.1. The number of ether oxygens (including phenoxy) is 2. The van der Waals surface area contributed by atoms with Gasteiger partial charge in [-0.2, -0.15) is 13.2 Å². The van der Waals surface area contributed by atoms with Crippen LogP contribution in [-0.4, -0.2) is 36.9 Å². The third-order valence-electron chi connectivity index (χ3n) is 2.60. The molecule has 1 aliphatic heterocycles. The average Bonchev–Trinajstić information content (AvgIpc) is 2.74. The Hall–Kier alpha value is -1.96. The van der Waals surface area contributed by atoms with Gasteiger partial charge in [0.2, 0.25) is 0 Å². The molecule has 1 amide bonds. The maximum Gasteiger partial charge on any atom is 0.405 e. The highest BCUT2D eigenvalue weighted by Crippen LogP contribution is 2.34. The number of alkyl halides is 3. The summed E-state index contributed by atoms with van der Waals surface area (Å²) in [6, 6.07) is 4.56. The maximum absolute atomic E-state index is 11.9. The first-order valence-electron chi connectivity index (χ1n) is 5.76. The molecule has 110 valence electrons. The van der Waals surface area contributed by atoms with E-state index in [9.17, 15) is 23.1 Å². The quantitative estimate of drug-likeness (QED) is 0.874. The Morgan fingerprint density at radius 1 is 1.50 bits per heavy atom. The lowest BCUT2D eigenvalue weighted by atomic mass is 10.1. The van der Waals surface area contributed by atoms with E-state index < -0.39 is 31.3 Å². The number of fused-ring (bicyclic) bond motifs is 1. The van der Waals surface area contributed by atoms with E-state index in [0.29, 0.717) is 11.3 Å². The van der Waals surface area contributed by atoms with Crippen molar-refractivity contribution in [2.75, 3.05) is 19.8 Å².